The number of hydrogen-bond donors (Lipinski definition) is 1. The third kappa shape index (κ3) is 6.69. The molecule has 0 aliphatic heterocycles. The lowest BCUT2D eigenvalue weighted by atomic mass is 10.1. The lowest BCUT2D eigenvalue weighted by molar-refractivity contribution is -0.137. The SMILES string of the molecule is CCOC(=O)C=Cc1ccc(OCCOC)cc1NC(=O)c1ccc(F)cc1F. The third-order valence-electron chi connectivity index (χ3n) is 3.69. The zero-order valence-corrected chi connectivity index (χ0v) is 16.0. The van der Waals surface area contributed by atoms with Gasteiger partial charge in [0.25, 0.3) is 5.91 Å². The third-order valence-corrected chi connectivity index (χ3v) is 3.69. The number of ether oxygens (including phenoxy) is 3. The van der Waals surface area contributed by atoms with Crippen molar-refractivity contribution in [3.63, 3.8) is 0 Å². The number of hydrogen-bond acceptors (Lipinski definition) is 5. The second kappa shape index (κ2) is 10.9. The molecule has 0 radical (unpaired) electrons. The molecule has 6 nitrogen and oxygen atoms in total. The van der Waals surface area contributed by atoms with Crippen molar-refractivity contribution < 1.29 is 32.6 Å². The van der Waals surface area contributed by atoms with Gasteiger partial charge in [-0.1, -0.05) is 0 Å². The zero-order valence-electron chi connectivity index (χ0n) is 16.0. The highest BCUT2D eigenvalue weighted by Crippen LogP contribution is 2.25. The first-order chi connectivity index (χ1) is 13.9. The Morgan fingerprint density at radius 3 is 2.59 bits per heavy atom. The fraction of sp³-hybridized carbons (Fsp3) is 0.238. The minimum atomic E-state index is -0.987. The summed E-state index contributed by atoms with van der Waals surface area (Å²) in [6, 6.07) is 7.46. The fourth-order valence-electron chi connectivity index (χ4n) is 2.33. The summed E-state index contributed by atoms with van der Waals surface area (Å²) in [5, 5.41) is 2.56. The first-order valence-electron chi connectivity index (χ1n) is 8.81. The number of rotatable bonds is 9. The van der Waals surface area contributed by atoms with E-state index in [1.807, 2.05) is 0 Å². The average Bonchev–Trinajstić information content (AvgIpc) is 2.67. The van der Waals surface area contributed by atoms with Gasteiger partial charge in [-0.2, -0.15) is 0 Å². The molecule has 0 aliphatic carbocycles. The van der Waals surface area contributed by atoms with Gasteiger partial charge in [-0.3, -0.25) is 4.79 Å². The van der Waals surface area contributed by atoms with E-state index >= 15 is 0 Å². The van der Waals surface area contributed by atoms with E-state index in [0.717, 1.165) is 12.1 Å². The van der Waals surface area contributed by atoms with E-state index in [9.17, 15) is 18.4 Å². The van der Waals surface area contributed by atoms with Crippen molar-refractivity contribution in [3.05, 3.63) is 65.2 Å². The van der Waals surface area contributed by atoms with Crippen LogP contribution < -0.4 is 10.1 Å². The van der Waals surface area contributed by atoms with Crippen LogP contribution in [0.25, 0.3) is 6.08 Å². The number of anilines is 1. The molecule has 0 fully saturated rings. The Balaban J connectivity index is 2.29. The molecule has 0 atom stereocenters. The molecule has 0 aliphatic rings. The van der Waals surface area contributed by atoms with Gasteiger partial charge in [-0.25, -0.2) is 13.6 Å². The standard InChI is InChI=1S/C21H21F2NO5/c1-3-28-20(25)9-5-14-4-7-16(29-11-10-27-2)13-19(14)24-21(26)17-8-6-15(22)12-18(17)23/h4-9,12-13H,3,10-11H2,1-2H3,(H,24,26). The number of amides is 1. The molecule has 1 amide bonds. The van der Waals surface area contributed by atoms with Gasteiger partial charge in [0.15, 0.2) is 0 Å². The van der Waals surface area contributed by atoms with E-state index < -0.39 is 23.5 Å². The van der Waals surface area contributed by atoms with Gasteiger partial charge in [0.1, 0.15) is 24.0 Å². The minimum absolute atomic E-state index is 0.225. The molecule has 0 heterocycles. The number of carbonyl (C=O) groups excluding carboxylic acids is 2. The van der Waals surface area contributed by atoms with E-state index in [0.29, 0.717) is 24.0 Å². The van der Waals surface area contributed by atoms with Crippen LogP contribution in [0.3, 0.4) is 0 Å². The van der Waals surface area contributed by atoms with Crippen molar-refractivity contribution in [3.8, 4) is 5.75 Å². The maximum absolute atomic E-state index is 13.9. The molecule has 154 valence electrons. The molecular weight excluding hydrogens is 384 g/mol. The summed E-state index contributed by atoms with van der Waals surface area (Å²) in [6.07, 6.45) is 2.66. The minimum Gasteiger partial charge on any atom is -0.491 e. The van der Waals surface area contributed by atoms with E-state index in [1.165, 1.54) is 25.3 Å². The van der Waals surface area contributed by atoms with Gasteiger partial charge in [-0.15, -0.1) is 0 Å². The van der Waals surface area contributed by atoms with Crippen molar-refractivity contribution in [2.45, 2.75) is 6.92 Å². The van der Waals surface area contributed by atoms with E-state index in [2.05, 4.69) is 5.32 Å². The van der Waals surface area contributed by atoms with Crippen molar-refractivity contribution in [2.75, 3.05) is 32.2 Å². The summed E-state index contributed by atoms with van der Waals surface area (Å²) in [4.78, 5) is 24.0. The first-order valence-corrected chi connectivity index (χ1v) is 8.81. The van der Waals surface area contributed by atoms with E-state index in [-0.39, 0.29) is 24.5 Å². The average molecular weight is 405 g/mol. The fourth-order valence-corrected chi connectivity index (χ4v) is 2.33. The van der Waals surface area contributed by atoms with Gasteiger partial charge in [-0.05, 0) is 42.8 Å². The number of esters is 1. The molecule has 2 aromatic carbocycles. The van der Waals surface area contributed by atoms with Crippen LogP contribution in [0.5, 0.6) is 5.75 Å². The first kappa shape index (κ1) is 22.0. The maximum atomic E-state index is 13.9. The van der Waals surface area contributed by atoms with Crippen LogP contribution in [-0.4, -0.2) is 38.8 Å². The zero-order chi connectivity index (χ0) is 21.2. The molecular formula is C21H21F2NO5. The highest BCUT2D eigenvalue weighted by atomic mass is 19.1. The molecule has 0 saturated carbocycles. The summed E-state index contributed by atoms with van der Waals surface area (Å²) in [5.41, 5.74) is 0.416. The topological polar surface area (TPSA) is 73.9 Å². The molecule has 0 aromatic heterocycles. The van der Waals surface area contributed by atoms with E-state index in [1.54, 1.807) is 19.1 Å². The number of halogens is 2. The molecule has 2 rings (SSSR count). The van der Waals surface area contributed by atoms with Crippen LogP contribution in [0.2, 0.25) is 0 Å². The quantitative estimate of drug-likeness (QED) is 0.390. The van der Waals surface area contributed by atoms with Gasteiger partial charge in [0.2, 0.25) is 0 Å². The summed E-state index contributed by atoms with van der Waals surface area (Å²) >= 11 is 0. The predicted octanol–water partition coefficient (Wildman–Crippen LogP) is 3.82. The maximum Gasteiger partial charge on any atom is 0.330 e. The molecule has 0 bridgehead atoms. The van der Waals surface area contributed by atoms with Gasteiger partial charge in [0.05, 0.1) is 24.5 Å². The monoisotopic (exact) mass is 405 g/mol. The van der Waals surface area contributed by atoms with E-state index in [4.69, 9.17) is 14.2 Å². The second-order valence-electron chi connectivity index (χ2n) is 5.75. The van der Waals surface area contributed by atoms with Gasteiger partial charge < -0.3 is 19.5 Å². The normalized spacial score (nSPS) is 10.8. The smallest absolute Gasteiger partial charge is 0.330 e. The predicted molar refractivity (Wildman–Crippen MR) is 104 cm³/mol. The number of benzene rings is 2. The number of nitrogens with one attached hydrogen (secondary N) is 1. The van der Waals surface area contributed by atoms with Crippen LogP contribution in [0.15, 0.2) is 42.5 Å². The van der Waals surface area contributed by atoms with Crippen LogP contribution >= 0.6 is 0 Å². The highest BCUT2D eigenvalue weighted by molar-refractivity contribution is 6.05. The molecule has 0 spiro atoms. The molecule has 8 heteroatoms. The largest absolute Gasteiger partial charge is 0.491 e. The van der Waals surface area contributed by atoms with Crippen molar-refractivity contribution in [2.24, 2.45) is 0 Å². The molecule has 1 N–H and O–H groups in total. The van der Waals surface area contributed by atoms with Crippen LogP contribution in [-0.2, 0) is 14.3 Å². The molecule has 2 aromatic rings. The summed E-state index contributed by atoms with van der Waals surface area (Å²) in [5.74, 6) is -2.66. The van der Waals surface area contributed by atoms with Crippen molar-refractivity contribution >= 4 is 23.6 Å². The second-order valence-corrected chi connectivity index (χ2v) is 5.75. The summed E-state index contributed by atoms with van der Waals surface area (Å²) in [6.45, 7) is 2.56. The highest BCUT2D eigenvalue weighted by Gasteiger charge is 2.15. The number of methoxy groups -OCH3 is 1. The Kier molecular flexibility index (Phi) is 8.29. The molecule has 29 heavy (non-hydrogen) atoms. The van der Waals surface area contributed by atoms with Crippen molar-refractivity contribution in [1.82, 2.24) is 0 Å². The summed E-state index contributed by atoms with van der Waals surface area (Å²) < 4.78 is 42.3. The van der Waals surface area contributed by atoms with Gasteiger partial charge >= 0.3 is 5.97 Å². The Morgan fingerprint density at radius 1 is 1.10 bits per heavy atom. The van der Waals surface area contributed by atoms with Crippen molar-refractivity contribution in [1.29, 1.82) is 0 Å². The Morgan fingerprint density at radius 2 is 1.90 bits per heavy atom. The lowest BCUT2D eigenvalue weighted by Crippen LogP contribution is -2.15. The Labute approximate surface area is 167 Å². The molecule has 0 saturated heterocycles. The number of carbonyl (C=O) groups is 2. The Bertz CT molecular complexity index is 899. The Hall–Kier alpha value is -3.26. The van der Waals surface area contributed by atoms with Crippen LogP contribution in [0.4, 0.5) is 14.5 Å². The van der Waals surface area contributed by atoms with Gasteiger partial charge in [0, 0.05) is 25.3 Å². The van der Waals surface area contributed by atoms with Crippen LogP contribution in [0.1, 0.15) is 22.8 Å². The lowest BCUT2D eigenvalue weighted by Gasteiger charge is -2.12. The summed E-state index contributed by atoms with van der Waals surface area (Å²) in [7, 11) is 1.54. The molecule has 0 unspecified atom stereocenters. The van der Waals surface area contributed by atoms with Crippen LogP contribution in [0, 0.1) is 11.6 Å².